The van der Waals surface area contributed by atoms with Crippen LogP contribution in [0.5, 0.6) is 5.75 Å². The number of anilines is 1. The number of ether oxygens (including phenoxy) is 1. The van der Waals surface area contributed by atoms with Crippen LogP contribution in [0.15, 0.2) is 59.8 Å². The fourth-order valence-electron chi connectivity index (χ4n) is 4.05. The SMILES string of the molecule is COc1cccc(N2C(=O)CC(c3cccc(Cl)c3)C3=C2CCCC3=O)c1. The van der Waals surface area contributed by atoms with Gasteiger partial charge in [-0.1, -0.05) is 29.8 Å². The Morgan fingerprint density at radius 3 is 2.67 bits per heavy atom. The van der Waals surface area contributed by atoms with Crippen molar-refractivity contribution in [2.45, 2.75) is 31.6 Å². The molecular formula is C22H20ClNO3. The van der Waals surface area contributed by atoms with Crippen LogP contribution in [0.4, 0.5) is 5.69 Å². The van der Waals surface area contributed by atoms with E-state index in [0.717, 1.165) is 28.9 Å². The highest BCUT2D eigenvalue weighted by molar-refractivity contribution is 6.30. The number of allylic oxidation sites excluding steroid dienone is 2. The lowest BCUT2D eigenvalue weighted by atomic mass is 9.77. The van der Waals surface area contributed by atoms with Crippen LogP contribution >= 0.6 is 11.6 Å². The number of hydrogen-bond donors (Lipinski definition) is 0. The minimum absolute atomic E-state index is 0.0123. The van der Waals surface area contributed by atoms with E-state index >= 15 is 0 Å². The molecule has 2 aromatic rings. The summed E-state index contributed by atoms with van der Waals surface area (Å²) >= 11 is 6.16. The van der Waals surface area contributed by atoms with Gasteiger partial charge in [-0.05, 0) is 42.7 Å². The molecule has 1 amide bonds. The molecule has 0 saturated carbocycles. The molecule has 1 aliphatic carbocycles. The number of hydrogen-bond acceptors (Lipinski definition) is 3. The van der Waals surface area contributed by atoms with Gasteiger partial charge in [0, 0.05) is 41.1 Å². The minimum atomic E-state index is -0.235. The highest BCUT2D eigenvalue weighted by atomic mass is 35.5. The molecule has 5 heteroatoms. The van der Waals surface area contributed by atoms with Crippen molar-refractivity contribution in [1.82, 2.24) is 0 Å². The largest absolute Gasteiger partial charge is 0.497 e. The van der Waals surface area contributed by atoms with Crippen molar-refractivity contribution in [1.29, 1.82) is 0 Å². The van der Waals surface area contributed by atoms with Crippen LogP contribution in [-0.4, -0.2) is 18.8 Å². The molecule has 0 fully saturated rings. The summed E-state index contributed by atoms with van der Waals surface area (Å²) in [6, 6.07) is 14.9. The summed E-state index contributed by atoms with van der Waals surface area (Å²) in [5, 5.41) is 0.612. The molecule has 2 aromatic carbocycles. The third kappa shape index (κ3) is 3.26. The fraction of sp³-hybridized carbons (Fsp3) is 0.273. The van der Waals surface area contributed by atoms with E-state index in [0.29, 0.717) is 23.6 Å². The van der Waals surface area contributed by atoms with Crippen molar-refractivity contribution in [3.05, 3.63) is 70.4 Å². The van der Waals surface area contributed by atoms with E-state index in [1.54, 1.807) is 18.1 Å². The molecule has 4 rings (SSSR count). The first-order chi connectivity index (χ1) is 13.1. The van der Waals surface area contributed by atoms with E-state index in [2.05, 4.69) is 0 Å². The molecule has 1 atom stereocenters. The van der Waals surface area contributed by atoms with Gasteiger partial charge in [-0.2, -0.15) is 0 Å². The molecule has 0 bridgehead atoms. The van der Waals surface area contributed by atoms with Gasteiger partial charge in [0.2, 0.25) is 5.91 Å². The first kappa shape index (κ1) is 17.8. The molecule has 27 heavy (non-hydrogen) atoms. The lowest BCUT2D eigenvalue weighted by Crippen LogP contribution is -2.40. The standard InChI is InChI=1S/C22H20ClNO3/c1-27-17-8-3-7-16(12-17)24-19-9-4-10-20(25)22(19)18(13-21(24)26)14-5-2-6-15(23)11-14/h2-3,5-8,11-12,18H,4,9-10,13H2,1H3. The van der Waals surface area contributed by atoms with Gasteiger partial charge in [0.15, 0.2) is 5.78 Å². The highest BCUT2D eigenvalue weighted by Gasteiger charge is 2.39. The zero-order valence-electron chi connectivity index (χ0n) is 15.1. The highest BCUT2D eigenvalue weighted by Crippen LogP contribution is 2.44. The summed E-state index contributed by atoms with van der Waals surface area (Å²) in [4.78, 5) is 27.7. The number of rotatable bonds is 3. The summed E-state index contributed by atoms with van der Waals surface area (Å²) in [7, 11) is 1.60. The van der Waals surface area contributed by atoms with Crippen LogP contribution in [0.1, 0.15) is 37.2 Å². The molecular weight excluding hydrogens is 362 g/mol. The number of Topliss-reactive ketones (excluding diaryl/α,β-unsaturated/α-hetero) is 1. The van der Waals surface area contributed by atoms with Crippen LogP contribution in [0, 0.1) is 0 Å². The van der Waals surface area contributed by atoms with Gasteiger partial charge >= 0.3 is 0 Å². The van der Waals surface area contributed by atoms with Crippen LogP contribution in [0.2, 0.25) is 5.02 Å². The molecule has 2 aliphatic rings. The quantitative estimate of drug-likeness (QED) is 0.761. The monoisotopic (exact) mass is 381 g/mol. The predicted octanol–water partition coefficient (Wildman–Crippen LogP) is 4.88. The Balaban J connectivity index is 1.85. The average molecular weight is 382 g/mol. The summed E-state index contributed by atoms with van der Waals surface area (Å²) in [5.41, 5.74) is 3.24. The minimum Gasteiger partial charge on any atom is -0.497 e. The summed E-state index contributed by atoms with van der Waals surface area (Å²) in [5.74, 6) is 0.561. The fourth-order valence-corrected chi connectivity index (χ4v) is 4.25. The Kier molecular flexibility index (Phi) is 4.75. The summed E-state index contributed by atoms with van der Waals surface area (Å²) in [6.45, 7) is 0. The van der Waals surface area contributed by atoms with Crippen molar-refractivity contribution < 1.29 is 14.3 Å². The lowest BCUT2D eigenvalue weighted by Gasteiger charge is -2.38. The van der Waals surface area contributed by atoms with Crippen molar-refractivity contribution >= 4 is 29.0 Å². The first-order valence-electron chi connectivity index (χ1n) is 9.07. The number of methoxy groups -OCH3 is 1. The molecule has 0 spiro atoms. The second-order valence-corrected chi connectivity index (χ2v) is 7.32. The number of carbonyl (C=O) groups excluding carboxylic acids is 2. The maximum Gasteiger partial charge on any atom is 0.232 e. The zero-order valence-corrected chi connectivity index (χ0v) is 15.8. The van der Waals surface area contributed by atoms with E-state index in [4.69, 9.17) is 16.3 Å². The van der Waals surface area contributed by atoms with Crippen molar-refractivity contribution in [3.63, 3.8) is 0 Å². The van der Waals surface area contributed by atoms with Gasteiger partial charge in [-0.15, -0.1) is 0 Å². The zero-order chi connectivity index (χ0) is 19.0. The maximum atomic E-state index is 13.1. The number of amides is 1. The summed E-state index contributed by atoms with van der Waals surface area (Å²) < 4.78 is 5.31. The number of benzene rings is 2. The Labute approximate surface area is 163 Å². The van der Waals surface area contributed by atoms with E-state index in [-0.39, 0.29) is 24.0 Å². The number of ketones is 1. The maximum absolute atomic E-state index is 13.1. The Morgan fingerprint density at radius 2 is 1.89 bits per heavy atom. The molecule has 1 aliphatic heterocycles. The number of carbonyl (C=O) groups is 2. The topological polar surface area (TPSA) is 46.6 Å². The molecule has 0 aromatic heterocycles. The molecule has 0 radical (unpaired) electrons. The van der Waals surface area contributed by atoms with Crippen molar-refractivity contribution in [2.24, 2.45) is 0 Å². The molecule has 4 nitrogen and oxygen atoms in total. The van der Waals surface area contributed by atoms with Crippen LogP contribution < -0.4 is 9.64 Å². The third-order valence-corrected chi connectivity index (χ3v) is 5.47. The lowest BCUT2D eigenvalue weighted by molar-refractivity contribution is -0.119. The molecule has 0 N–H and O–H groups in total. The summed E-state index contributed by atoms with van der Waals surface area (Å²) in [6.07, 6.45) is 2.24. The number of halogens is 1. The van der Waals surface area contributed by atoms with Gasteiger partial charge < -0.3 is 4.74 Å². The Hall–Kier alpha value is -2.59. The van der Waals surface area contributed by atoms with Gasteiger partial charge in [-0.3, -0.25) is 14.5 Å². The van der Waals surface area contributed by atoms with Crippen LogP contribution in [0.25, 0.3) is 0 Å². The number of nitrogens with zero attached hydrogens (tertiary/aromatic N) is 1. The van der Waals surface area contributed by atoms with E-state index in [9.17, 15) is 9.59 Å². The third-order valence-electron chi connectivity index (χ3n) is 5.24. The van der Waals surface area contributed by atoms with Crippen LogP contribution in [0.3, 0.4) is 0 Å². The Bertz CT molecular complexity index is 950. The van der Waals surface area contributed by atoms with E-state index in [1.165, 1.54) is 0 Å². The van der Waals surface area contributed by atoms with Crippen molar-refractivity contribution in [2.75, 3.05) is 12.0 Å². The van der Waals surface area contributed by atoms with Crippen molar-refractivity contribution in [3.8, 4) is 5.75 Å². The van der Waals surface area contributed by atoms with Gasteiger partial charge in [0.1, 0.15) is 5.75 Å². The molecule has 1 heterocycles. The first-order valence-corrected chi connectivity index (χ1v) is 9.45. The molecule has 0 saturated heterocycles. The van der Waals surface area contributed by atoms with Gasteiger partial charge in [0.25, 0.3) is 0 Å². The van der Waals surface area contributed by atoms with E-state index in [1.807, 2.05) is 42.5 Å². The average Bonchev–Trinajstić information content (AvgIpc) is 2.67. The Morgan fingerprint density at radius 1 is 1.07 bits per heavy atom. The predicted molar refractivity (Wildman–Crippen MR) is 105 cm³/mol. The van der Waals surface area contributed by atoms with Gasteiger partial charge in [-0.25, -0.2) is 0 Å². The van der Waals surface area contributed by atoms with E-state index < -0.39 is 0 Å². The molecule has 138 valence electrons. The second kappa shape index (κ2) is 7.20. The van der Waals surface area contributed by atoms with Crippen LogP contribution in [-0.2, 0) is 9.59 Å². The van der Waals surface area contributed by atoms with Gasteiger partial charge in [0.05, 0.1) is 12.8 Å². The smallest absolute Gasteiger partial charge is 0.232 e. The molecule has 1 unspecified atom stereocenters. The second-order valence-electron chi connectivity index (χ2n) is 6.88. The normalized spacial score (nSPS) is 19.9.